The van der Waals surface area contributed by atoms with Crippen LogP contribution < -0.4 is 5.32 Å². The number of hydrogen-bond donors (Lipinski definition) is 1. The van der Waals surface area contributed by atoms with Crippen LogP contribution in [0.2, 0.25) is 5.02 Å². The summed E-state index contributed by atoms with van der Waals surface area (Å²) in [7, 11) is 0. The zero-order chi connectivity index (χ0) is 13.9. The minimum Gasteiger partial charge on any atom is -0.316 e. The Morgan fingerprint density at radius 2 is 1.95 bits per heavy atom. The molecule has 0 aromatic carbocycles. The van der Waals surface area contributed by atoms with Gasteiger partial charge in [0, 0.05) is 22.8 Å². The Labute approximate surface area is 125 Å². The Hall–Kier alpha value is -1.98. The molecule has 0 bridgehead atoms. The average Bonchev–Trinajstić information content (AvgIpc) is 2.87. The molecule has 0 saturated heterocycles. The van der Waals surface area contributed by atoms with E-state index in [1.807, 2.05) is 24.4 Å². The number of pyridine rings is 2. The van der Waals surface area contributed by atoms with Crippen molar-refractivity contribution in [3.63, 3.8) is 0 Å². The van der Waals surface area contributed by atoms with Gasteiger partial charge in [0.1, 0.15) is 11.5 Å². The highest BCUT2D eigenvalue weighted by molar-refractivity contribution is 7.14. The van der Waals surface area contributed by atoms with Crippen LogP contribution >= 0.6 is 22.9 Å². The minimum absolute atomic E-state index is 0.651. The quantitative estimate of drug-likeness (QED) is 0.783. The molecule has 3 aromatic rings. The SMILES string of the molecule is Cc1ccnc(Nc2nc(-c3cc(Cl)ccn3)cs2)c1. The van der Waals surface area contributed by atoms with Crippen LogP contribution in [0.1, 0.15) is 5.56 Å². The molecule has 0 unspecified atom stereocenters. The third kappa shape index (κ3) is 2.95. The van der Waals surface area contributed by atoms with Crippen LogP contribution in [0.3, 0.4) is 0 Å². The molecule has 0 fully saturated rings. The molecule has 0 amide bonds. The number of halogens is 1. The van der Waals surface area contributed by atoms with Gasteiger partial charge in [-0.2, -0.15) is 0 Å². The molecule has 0 aliphatic heterocycles. The third-order valence-electron chi connectivity index (χ3n) is 2.64. The van der Waals surface area contributed by atoms with Gasteiger partial charge in [0.25, 0.3) is 0 Å². The molecular formula is C14H11ClN4S. The van der Waals surface area contributed by atoms with Gasteiger partial charge in [0.15, 0.2) is 5.13 Å². The normalized spacial score (nSPS) is 10.5. The van der Waals surface area contributed by atoms with Gasteiger partial charge in [-0.1, -0.05) is 11.6 Å². The van der Waals surface area contributed by atoms with Gasteiger partial charge in [-0.25, -0.2) is 9.97 Å². The number of aryl methyl sites for hydroxylation is 1. The first-order chi connectivity index (χ1) is 9.70. The van der Waals surface area contributed by atoms with Crippen molar-refractivity contribution in [2.75, 3.05) is 5.32 Å². The van der Waals surface area contributed by atoms with E-state index in [2.05, 4.69) is 20.3 Å². The van der Waals surface area contributed by atoms with Gasteiger partial charge in [-0.15, -0.1) is 11.3 Å². The van der Waals surface area contributed by atoms with Gasteiger partial charge in [-0.05, 0) is 36.8 Å². The summed E-state index contributed by atoms with van der Waals surface area (Å²) in [5, 5.41) is 6.55. The first-order valence-electron chi connectivity index (χ1n) is 5.98. The van der Waals surface area contributed by atoms with Crippen molar-refractivity contribution in [1.29, 1.82) is 0 Å². The highest BCUT2D eigenvalue weighted by Crippen LogP contribution is 2.26. The van der Waals surface area contributed by atoms with Crippen molar-refractivity contribution in [3.05, 3.63) is 52.6 Å². The number of aromatic nitrogens is 3. The average molecular weight is 303 g/mol. The Balaban J connectivity index is 1.84. The number of hydrogen-bond acceptors (Lipinski definition) is 5. The fourth-order valence-electron chi connectivity index (χ4n) is 1.71. The Kier molecular flexibility index (Phi) is 3.62. The smallest absolute Gasteiger partial charge is 0.188 e. The molecule has 20 heavy (non-hydrogen) atoms. The first kappa shape index (κ1) is 13.0. The summed E-state index contributed by atoms with van der Waals surface area (Å²) in [5.74, 6) is 0.782. The van der Waals surface area contributed by atoms with Crippen LogP contribution in [-0.2, 0) is 0 Å². The van der Waals surface area contributed by atoms with Crippen LogP contribution in [0, 0.1) is 6.92 Å². The van der Waals surface area contributed by atoms with Crippen LogP contribution in [0.4, 0.5) is 10.9 Å². The largest absolute Gasteiger partial charge is 0.316 e. The summed E-state index contributed by atoms with van der Waals surface area (Å²) in [6.45, 7) is 2.02. The predicted molar refractivity (Wildman–Crippen MR) is 82.6 cm³/mol. The lowest BCUT2D eigenvalue weighted by molar-refractivity contribution is 1.25. The van der Waals surface area contributed by atoms with Crippen molar-refractivity contribution in [3.8, 4) is 11.4 Å². The van der Waals surface area contributed by atoms with E-state index in [1.54, 1.807) is 24.5 Å². The Morgan fingerprint density at radius 3 is 2.75 bits per heavy atom. The van der Waals surface area contributed by atoms with E-state index in [0.717, 1.165) is 27.9 Å². The fourth-order valence-corrected chi connectivity index (χ4v) is 2.58. The van der Waals surface area contributed by atoms with E-state index in [0.29, 0.717) is 5.02 Å². The van der Waals surface area contributed by atoms with Crippen LogP contribution in [0.5, 0.6) is 0 Å². The summed E-state index contributed by atoms with van der Waals surface area (Å²) in [6, 6.07) is 7.46. The van der Waals surface area contributed by atoms with Crippen molar-refractivity contribution in [2.24, 2.45) is 0 Å². The molecule has 4 nitrogen and oxygen atoms in total. The van der Waals surface area contributed by atoms with Gasteiger partial charge < -0.3 is 5.32 Å². The molecule has 0 saturated carbocycles. The molecule has 0 atom stereocenters. The molecule has 0 spiro atoms. The van der Waals surface area contributed by atoms with Gasteiger partial charge in [0.2, 0.25) is 0 Å². The first-order valence-corrected chi connectivity index (χ1v) is 7.23. The standard InChI is InChI=1S/C14H11ClN4S/c1-9-2-4-17-13(6-9)19-14-18-12(8-20-14)11-7-10(15)3-5-16-11/h2-8H,1H3,(H,17,18,19). The molecule has 3 aromatic heterocycles. The lowest BCUT2D eigenvalue weighted by Crippen LogP contribution is -1.93. The van der Waals surface area contributed by atoms with Crippen molar-refractivity contribution >= 4 is 33.9 Å². The molecule has 3 heterocycles. The van der Waals surface area contributed by atoms with Crippen LogP contribution in [0.15, 0.2) is 42.0 Å². The number of thiazole rings is 1. The molecule has 0 aliphatic rings. The Bertz CT molecular complexity index is 741. The zero-order valence-corrected chi connectivity index (χ0v) is 12.2. The van der Waals surface area contributed by atoms with Crippen LogP contribution in [0.25, 0.3) is 11.4 Å². The zero-order valence-electron chi connectivity index (χ0n) is 10.7. The van der Waals surface area contributed by atoms with Gasteiger partial charge in [-0.3, -0.25) is 4.98 Å². The summed E-state index contributed by atoms with van der Waals surface area (Å²) in [5.41, 5.74) is 2.71. The summed E-state index contributed by atoms with van der Waals surface area (Å²) in [6.07, 6.45) is 3.44. The molecule has 0 radical (unpaired) electrons. The maximum absolute atomic E-state index is 5.96. The van der Waals surface area contributed by atoms with Gasteiger partial charge >= 0.3 is 0 Å². The second-order valence-electron chi connectivity index (χ2n) is 4.24. The molecule has 1 N–H and O–H groups in total. The van der Waals surface area contributed by atoms with Crippen molar-refractivity contribution in [1.82, 2.24) is 15.0 Å². The summed E-state index contributed by atoms with van der Waals surface area (Å²) >= 11 is 7.46. The number of nitrogens with one attached hydrogen (secondary N) is 1. The molecule has 100 valence electrons. The molecule has 6 heteroatoms. The number of nitrogens with zero attached hydrogens (tertiary/aromatic N) is 3. The van der Waals surface area contributed by atoms with E-state index in [4.69, 9.17) is 11.6 Å². The lowest BCUT2D eigenvalue weighted by atomic mass is 10.3. The maximum Gasteiger partial charge on any atom is 0.188 e. The second kappa shape index (κ2) is 5.56. The topological polar surface area (TPSA) is 50.7 Å². The molecule has 3 rings (SSSR count). The van der Waals surface area contributed by atoms with Gasteiger partial charge in [0.05, 0.1) is 5.69 Å². The van der Waals surface area contributed by atoms with Crippen molar-refractivity contribution < 1.29 is 0 Å². The van der Waals surface area contributed by atoms with E-state index < -0.39 is 0 Å². The van der Waals surface area contributed by atoms with E-state index in [9.17, 15) is 0 Å². The highest BCUT2D eigenvalue weighted by Gasteiger charge is 2.07. The monoisotopic (exact) mass is 302 g/mol. The fraction of sp³-hybridized carbons (Fsp3) is 0.0714. The number of anilines is 2. The van der Waals surface area contributed by atoms with Crippen molar-refractivity contribution in [2.45, 2.75) is 6.92 Å². The summed E-state index contributed by atoms with van der Waals surface area (Å²) < 4.78 is 0. The van der Waals surface area contributed by atoms with Crippen LogP contribution in [-0.4, -0.2) is 15.0 Å². The summed E-state index contributed by atoms with van der Waals surface area (Å²) in [4.78, 5) is 13.0. The third-order valence-corrected chi connectivity index (χ3v) is 3.63. The Morgan fingerprint density at radius 1 is 1.10 bits per heavy atom. The van der Waals surface area contributed by atoms with E-state index in [1.165, 1.54) is 11.3 Å². The lowest BCUT2D eigenvalue weighted by Gasteiger charge is -2.01. The highest BCUT2D eigenvalue weighted by atomic mass is 35.5. The second-order valence-corrected chi connectivity index (χ2v) is 5.54. The molecular weight excluding hydrogens is 292 g/mol. The predicted octanol–water partition coefficient (Wildman–Crippen LogP) is 4.31. The number of rotatable bonds is 3. The maximum atomic E-state index is 5.96. The van der Waals surface area contributed by atoms with E-state index in [-0.39, 0.29) is 0 Å². The minimum atomic E-state index is 0.651. The molecule has 0 aliphatic carbocycles. The van der Waals surface area contributed by atoms with E-state index >= 15 is 0 Å².